The molecule has 0 radical (unpaired) electrons. The van der Waals surface area contributed by atoms with Gasteiger partial charge >= 0.3 is 0 Å². The first-order valence-electron chi connectivity index (χ1n) is 5.87. The Morgan fingerprint density at radius 3 is 2.76 bits per heavy atom. The third-order valence-corrected chi connectivity index (χ3v) is 4.20. The Kier molecular flexibility index (Phi) is 4.19. The van der Waals surface area contributed by atoms with E-state index in [1.54, 1.807) is 0 Å². The molecule has 0 aliphatic rings. The molecule has 0 aliphatic carbocycles. The van der Waals surface area contributed by atoms with E-state index in [2.05, 4.69) is 20.0 Å². The number of nitrogens with one attached hydrogen (secondary N) is 3. The number of imidazole rings is 1. The molecule has 10 heteroatoms. The van der Waals surface area contributed by atoms with E-state index in [9.17, 15) is 18.5 Å². The Hall–Kier alpha value is -2.46. The summed E-state index contributed by atoms with van der Waals surface area (Å²) in [4.78, 5) is 16.6. The molecule has 3 N–H and O–H groups in total. The van der Waals surface area contributed by atoms with Gasteiger partial charge in [0.1, 0.15) is 4.90 Å². The number of benzene rings is 1. The van der Waals surface area contributed by atoms with Crippen molar-refractivity contribution in [1.82, 2.24) is 14.7 Å². The minimum absolute atomic E-state index is 0.0441. The summed E-state index contributed by atoms with van der Waals surface area (Å²) in [7, 11) is -2.31. The first-order valence-corrected chi connectivity index (χ1v) is 7.35. The average molecular weight is 311 g/mol. The fourth-order valence-corrected chi connectivity index (χ4v) is 2.89. The minimum atomic E-state index is -3.80. The van der Waals surface area contributed by atoms with Crippen LogP contribution in [0.25, 0.3) is 0 Å². The minimum Gasteiger partial charge on any atom is -0.387 e. The Morgan fingerprint density at radius 2 is 2.19 bits per heavy atom. The van der Waals surface area contributed by atoms with Crippen molar-refractivity contribution < 1.29 is 13.3 Å². The molecule has 1 aromatic carbocycles. The van der Waals surface area contributed by atoms with Crippen LogP contribution in [0.3, 0.4) is 0 Å². The maximum absolute atomic E-state index is 12.2. The standard InChI is InChI=1S/C11H13N5O4S/c1-12-10-4-9(16(17)18)2-3-11(10)21(19,20)15-6-8-5-13-7-14-8/h2-5,7,12,15H,6H2,1H3,(H,13,14). The van der Waals surface area contributed by atoms with Gasteiger partial charge in [-0.3, -0.25) is 10.1 Å². The van der Waals surface area contributed by atoms with Crippen LogP contribution >= 0.6 is 0 Å². The van der Waals surface area contributed by atoms with E-state index in [4.69, 9.17) is 0 Å². The quantitative estimate of drug-likeness (QED) is 0.535. The lowest BCUT2D eigenvalue weighted by molar-refractivity contribution is -0.384. The highest BCUT2D eigenvalue weighted by atomic mass is 32.2. The van der Waals surface area contributed by atoms with Gasteiger partial charge in [-0.15, -0.1) is 0 Å². The van der Waals surface area contributed by atoms with E-state index >= 15 is 0 Å². The van der Waals surface area contributed by atoms with Crippen molar-refractivity contribution in [3.8, 4) is 0 Å². The van der Waals surface area contributed by atoms with Crippen molar-refractivity contribution >= 4 is 21.4 Å². The molecule has 9 nitrogen and oxygen atoms in total. The van der Waals surface area contributed by atoms with Crippen LogP contribution in [0.2, 0.25) is 0 Å². The van der Waals surface area contributed by atoms with Crippen molar-refractivity contribution in [3.05, 3.63) is 46.5 Å². The molecule has 21 heavy (non-hydrogen) atoms. The molecular formula is C11H13N5O4S. The smallest absolute Gasteiger partial charge is 0.271 e. The molecule has 1 aromatic heterocycles. The predicted molar refractivity (Wildman–Crippen MR) is 75.3 cm³/mol. The summed E-state index contributed by atoms with van der Waals surface area (Å²) in [6.07, 6.45) is 2.94. The van der Waals surface area contributed by atoms with Crippen LogP contribution in [0.1, 0.15) is 5.69 Å². The van der Waals surface area contributed by atoms with Crippen molar-refractivity contribution in [2.24, 2.45) is 0 Å². The van der Waals surface area contributed by atoms with Gasteiger partial charge in [0.05, 0.1) is 23.5 Å². The molecule has 2 aromatic rings. The lowest BCUT2D eigenvalue weighted by Gasteiger charge is -2.10. The van der Waals surface area contributed by atoms with Crippen LogP contribution in [0.5, 0.6) is 0 Å². The highest BCUT2D eigenvalue weighted by Gasteiger charge is 2.20. The second kappa shape index (κ2) is 5.89. The van der Waals surface area contributed by atoms with Gasteiger partial charge in [-0.25, -0.2) is 18.1 Å². The second-order valence-corrected chi connectivity index (χ2v) is 5.82. The third-order valence-electron chi connectivity index (χ3n) is 2.74. The maximum atomic E-state index is 12.2. The summed E-state index contributed by atoms with van der Waals surface area (Å²) >= 11 is 0. The number of H-pyrrole nitrogens is 1. The molecular weight excluding hydrogens is 298 g/mol. The third kappa shape index (κ3) is 3.35. The van der Waals surface area contributed by atoms with Gasteiger partial charge in [-0.2, -0.15) is 0 Å². The summed E-state index contributed by atoms with van der Waals surface area (Å²) in [5.41, 5.74) is 0.569. The van der Waals surface area contributed by atoms with E-state index in [1.165, 1.54) is 31.7 Å². The maximum Gasteiger partial charge on any atom is 0.271 e. The molecule has 0 atom stereocenters. The van der Waals surface area contributed by atoms with Crippen LogP contribution in [-0.2, 0) is 16.6 Å². The number of hydrogen-bond donors (Lipinski definition) is 3. The number of hydrogen-bond acceptors (Lipinski definition) is 6. The number of non-ortho nitro benzene ring substituents is 1. The van der Waals surface area contributed by atoms with Gasteiger partial charge < -0.3 is 10.3 Å². The Labute approximate surface area is 120 Å². The van der Waals surface area contributed by atoms with Crippen molar-refractivity contribution in [1.29, 1.82) is 0 Å². The SMILES string of the molecule is CNc1cc([N+](=O)[O-])ccc1S(=O)(=O)NCc1cnc[nH]1. The molecule has 1 heterocycles. The van der Waals surface area contributed by atoms with Gasteiger partial charge in [0.15, 0.2) is 0 Å². The van der Waals surface area contributed by atoms with Crippen LogP contribution < -0.4 is 10.0 Å². The summed E-state index contributed by atoms with van der Waals surface area (Å²) in [5.74, 6) is 0. The van der Waals surface area contributed by atoms with E-state index in [0.29, 0.717) is 5.69 Å². The zero-order valence-corrected chi connectivity index (χ0v) is 11.8. The van der Waals surface area contributed by atoms with Gasteiger partial charge in [0, 0.05) is 31.1 Å². The molecule has 0 aliphatic heterocycles. The van der Waals surface area contributed by atoms with Gasteiger partial charge in [0.25, 0.3) is 5.69 Å². The highest BCUT2D eigenvalue weighted by molar-refractivity contribution is 7.89. The Bertz CT molecular complexity index is 742. The molecule has 0 unspecified atom stereocenters. The van der Waals surface area contributed by atoms with E-state index in [-0.39, 0.29) is 22.8 Å². The molecule has 0 fully saturated rings. The number of aromatic amines is 1. The van der Waals surface area contributed by atoms with Crippen LogP contribution in [0.4, 0.5) is 11.4 Å². The zero-order valence-electron chi connectivity index (χ0n) is 11.0. The lowest BCUT2D eigenvalue weighted by atomic mass is 10.3. The van der Waals surface area contributed by atoms with Gasteiger partial charge in [-0.1, -0.05) is 0 Å². The van der Waals surface area contributed by atoms with Gasteiger partial charge in [-0.05, 0) is 6.07 Å². The summed E-state index contributed by atoms with van der Waals surface area (Å²) < 4.78 is 26.9. The summed E-state index contributed by atoms with van der Waals surface area (Å²) in [6.45, 7) is 0.0441. The van der Waals surface area contributed by atoms with Gasteiger partial charge in [0.2, 0.25) is 10.0 Å². The van der Waals surface area contributed by atoms with Crippen LogP contribution in [-0.4, -0.2) is 30.4 Å². The fraction of sp³-hybridized carbons (Fsp3) is 0.182. The molecule has 0 spiro atoms. The fourth-order valence-electron chi connectivity index (χ4n) is 1.69. The largest absolute Gasteiger partial charge is 0.387 e. The number of nitro groups is 1. The normalized spacial score (nSPS) is 11.3. The number of anilines is 1. The zero-order chi connectivity index (χ0) is 15.5. The Morgan fingerprint density at radius 1 is 1.43 bits per heavy atom. The molecule has 0 amide bonds. The lowest BCUT2D eigenvalue weighted by Crippen LogP contribution is -2.24. The monoisotopic (exact) mass is 311 g/mol. The molecule has 112 valence electrons. The second-order valence-electron chi connectivity index (χ2n) is 4.09. The number of nitrogens with zero attached hydrogens (tertiary/aromatic N) is 2. The number of rotatable bonds is 6. The van der Waals surface area contributed by atoms with E-state index < -0.39 is 14.9 Å². The summed E-state index contributed by atoms with van der Waals surface area (Å²) in [5, 5.41) is 13.4. The van der Waals surface area contributed by atoms with Crippen molar-refractivity contribution in [2.75, 3.05) is 12.4 Å². The average Bonchev–Trinajstić information content (AvgIpc) is 2.97. The number of aromatic nitrogens is 2. The molecule has 0 bridgehead atoms. The van der Waals surface area contributed by atoms with Crippen molar-refractivity contribution in [2.45, 2.75) is 11.4 Å². The summed E-state index contributed by atoms with van der Waals surface area (Å²) in [6, 6.07) is 3.51. The number of sulfonamides is 1. The first kappa shape index (κ1) is 14.9. The van der Waals surface area contributed by atoms with E-state index in [0.717, 1.165) is 6.07 Å². The molecule has 2 rings (SSSR count). The number of nitro benzene ring substituents is 1. The first-order chi connectivity index (χ1) is 9.94. The highest BCUT2D eigenvalue weighted by Crippen LogP contribution is 2.26. The molecule has 0 saturated heterocycles. The van der Waals surface area contributed by atoms with Crippen molar-refractivity contribution in [3.63, 3.8) is 0 Å². The van der Waals surface area contributed by atoms with Crippen LogP contribution in [0, 0.1) is 10.1 Å². The van der Waals surface area contributed by atoms with Crippen LogP contribution in [0.15, 0.2) is 35.6 Å². The molecule has 0 saturated carbocycles. The topological polar surface area (TPSA) is 130 Å². The predicted octanol–water partition coefficient (Wildman–Crippen LogP) is 0.838. The van der Waals surface area contributed by atoms with E-state index in [1.807, 2.05) is 0 Å². The Balaban J connectivity index is 2.28.